The van der Waals surface area contributed by atoms with Gasteiger partial charge in [0.2, 0.25) is 0 Å². The summed E-state index contributed by atoms with van der Waals surface area (Å²) in [6.07, 6.45) is 5.89. The molecule has 0 bridgehead atoms. The summed E-state index contributed by atoms with van der Waals surface area (Å²) >= 11 is 0. The van der Waals surface area contributed by atoms with E-state index in [1.165, 1.54) is 12.8 Å². The van der Waals surface area contributed by atoms with Crippen LogP contribution in [0.1, 0.15) is 23.2 Å². The summed E-state index contributed by atoms with van der Waals surface area (Å²) in [5.41, 5.74) is 1.77. The highest BCUT2D eigenvalue weighted by atomic mass is 35.5. The molecule has 0 aliphatic carbocycles. The van der Waals surface area contributed by atoms with Crippen LogP contribution in [0.25, 0.3) is 11.0 Å². The summed E-state index contributed by atoms with van der Waals surface area (Å²) in [7, 11) is 0. The number of carboxylic acid groups (broad SMARTS) is 1. The topological polar surface area (TPSA) is 58.4 Å². The minimum absolute atomic E-state index is 0. The lowest BCUT2D eigenvalue weighted by atomic mass is 10.3. The lowest BCUT2D eigenvalue weighted by Gasteiger charge is -2.15. The van der Waals surface area contributed by atoms with Crippen molar-refractivity contribution in [2.24, 2.45) is 0 Å². The van der Waals surface area contributed by atoms with Gasteiger partial charge in [0.25, 0.3) is 0 Å². The third kappa shape index (κ3) is 3.67. The van der Waals surface area contributed by atoms with E-state index < -0.39 is 5.97 Å². The second-order valence-electron chi connectivity index (χ2n) is 4.96. The van der Waals surface area contributed by atoms with Crippen LogP contribution in [-0.2, 0) is 6.54 Å². The largest absolute Gasteiger partial charge is 0.478 e. The molecule has 0 radical (unpaired) electrons. The van der Waals surface area contributed by atoms with Crippen molar-refractivity contribution in [3.05, 3.63) is 30.1 Å². The Kier molecular flexibility index (Phi) is 6.45. The maximum atomic E-state index is 11.2. The van der Waals surface area contributed by atoms with Crippen molar-refractivity contribution >= 4 is 41.8 Å². The van der Waals surface area contributed by atoms with Gasteiger partial charge in [0.15, 0.2) is 0 Å². The highest BCUT2D eigenvalue weighted by Gasteiger charge is 2.16. The Hall–Kier alpha value is -1.30. The lowest BCUT2D eigenvalue weighted by Crippen LogP contribution is -2.23. The third-order valence-electron chi connectivity index (χ3n) is 3.72. The molecule has 116 valence electrons. The SMILES string of the molecule is Cl.Cl.O=C(O)c1cn(CCN2CCCC2)c2cccnc12. The van der Waals surface area contributed by atoms with Gasteiger partial charge in [-0.25, -0.2) is 4.79 Å². The molecule has 2 aromatic heterocycles. The minimum Gasteiger partial charge on any atom is -0.478 e. The molecule has 1 saturated heterocycles. The second kappa shape index (κ2) is 7.64. The van der Waals surface area contributed by atoms with Gasteiger partial charge in [-0.3, -0.25) is 4.98 Å². The molecular formula is C14H19Cl2N3O2. The van der Waals surface area contributed by atoms with E-state index >= 15 is 0 Å². The van der Waals surface area contributed by atoms with Crippen LogP contribution < -0.4 is 0 Å². The maximum Gasteiger partial charge on any atom is 0.339 e. The number of carboxylic acids is 1. The smallest absolute Gasteiger partial charge is 0.339 e. The Morgan fingerprint density at radius 3 is 2.62 bits per heavy atom. The zero-order valence-corrected chi connectivity index (χ0v) is 13.2. The first kappa shape index (κ1) is 17.8. The molecule has 0 amide bonds. The summed E-state index contributed by atoms with van der Waals surface area (Å²) in [6, 6.07) is 3.78. The highest BCUT2D eigenvalue weighted by Crippen LogP contribution is 2.19. The Labute approximate surface area is 135 Å². The van der Waals surface area contributed by atoms with Crippen molar-refractivity contribution in [1.82, 2.24) is 14.5 Å². The van der Waals surface area contributed by atoms with Gasteiger partial charge in [-0.05, 0) is 38.1 Å². The number of likely N-dealkylation sites (tertiary alicyclic amines) is 1. The Morgan fingerprint density at radius 1 is 1.24 bits per heavy atom. The Balaban J connectivity index is 0.00000110. The number of rotatable bonds is 4. The van der Waals surface area contributed by atoms with Crippen molar-refractivity contribution < 1.29 is 9.90 Å². The Bertz CT molecular complexity index is 609. The average molecular weight is 332 g/mol. The van der Waals surface area contributed by atoms with Gasteiger partial charge >= 0.3 is 5.97 Å². The normalized spacial score (nSPS) is 14.7. The zero-order valence-electron chi connectivity index (χ0n) is 11.6. The summed E-state index contributed by atoms with van der Waals surface area (Å²) in [6.45, 7) is 4.10. The third-order valence-corrected chi connectivity index (χ3v) is 3.72. The van der Waals surface area contributed by atoms with Crippen molar-refractivity contribution in [3.8, 4) is 0 Å². The number of hydrogen-bond donors (Lipinski definition) is 1. The van der Waals surface area contributed by atoms with E-state index in [1.54, 1.807) is 12.4 Å². The molecule has 21 heavy (non-hydrogen) atoms. The molecule has 2 aromatic rings. The summed E-state index contributed by atoms with van der Waals surface area (Å²) in [5, 5.41) is 9.21. The molecule has 1 N–H and O–H groups in total. The molecule has 1 fully saturated rings. The van der Waals surface area contributed by atoms with Gasteiger partial charge < -0.3 is 14.6 Å². The minimum atomic E-state index is -0.913. The predicted molar refractivity (Wildman–Crippen MR) is 86.9 cm³/mol. The van der Waals surface area contributed by atoms with Crippen LogP contribution in [0.4, 0.5) is 0 Å². The fourth-order valence-electron chi connectivity index (χ4n) is 2.72. The van der Waals surface area contributed by atoms with Gasteiger partial charge in [-0.15, -0.1) is 24.8 Å². The zero-order chi connectivity index (χ0) is 13.2. The molecule has 1 aliphatic rings. The van der Waals surface area contributed by atoms with Gasteiger partial charge in [-0.2, -0.15) is 0 Å². The maximum absolute atomic E-state index is 11.2. The van der Waals surface area contributed by atoms with Gasteiger partial charge in [0, 0.05) is 25.5 Å². The molecule has 7 heteroatoms. The number of hydrogen-bond acceptors (Lipinski definition) is 3. The van der Waals surface area contributed by atoms with Crippen molar-refractivity contribution in [1.29, 1.82) is 0 Å². The number of nitrogens with zero attached hydrogens (tertiary/aromatic N) is 3. The van der Waals surface area contributed by atoms with Crippen LogP contribution in [-0.4, -0.2) is 45.2 Å². The highest BCUT2D eigenvalue weighted by molar-refractivity contribution is 6.01. The quantitative estimate of drug-likeness (QED) is 0.935. The standard InChI is InChI=1S/C14H17N3O2.2ClH/c18-14(19)11-10-17(9-8-16-6-1-2-7-16)12-4-3-5-15-13(11)12;;/h3-5,10H,1-2,6-9H2,(H,18,19);2*1H. The summed E-state index contributed by atoms with van der Waals surface area (Å²) in [4.78, 5) is 17.8. The van der Waals surface area contributed by atoms with Crippen molar-refractivity contribution in [2.45, 2.75) is 19.4 Å². The van der Waals surface area contributed by atoms with Crippen LogP contribution in [0.5, 0.6) is 0 Å². The van der Waals surface area contributed by atoms with Gasteiger partial charge in [-0.1, -0.05) is 0 Å². The van der Waals surface area contributed by atoms with E-state index in [0.29, 0.717) is 5.52 Å². The van der Waals surface area contributed by atoms with Gasteiger partial charge in [0.05, 0.1) is 5.52 Å². The van der Waals surface area contributed by atoms with Crippen molar-refractivity contribution in [3.63, 3.8) is 0 Å². The molecule has 0 saturated carbocycles. The average Bonchev–Trinajstić information content (AvgIpc) is 3.04. The fraction of sp³-hybridized carbons (Fsp3) is 0.429. The number of aromatic carboxylic acids is 1. The second-order valence-corrected chi connectivity index (χ2v) is 4.96. The molecule has 3 rings (SSSR count). The number of pyridine rings is 1. The van der Waals surface area contributed by atoms with E-state index in [0.717, 1.165) is 31.7 Å². The molecule has 0 unspecified atom stereocenters. The lowest BCUT2D eigenvalue weighted by molar-refractivity contribution is 0.0698. The Morgan fingerprint density at radius 2 is 1.95 bits per heavy atom. The van der Waals surface area contributed by atoms with Crippen LogP contribution in [0, 0.1) is 0 Å². The first-order valence-electron chi connectivity index (χ1n) is 6.65. The summed E-state index contributed by atoms with van der Waals surface area (Å²) in [5.74, 6) is -0.913. The number of halogens is 2. The first-order valence-corrected chi connectivity index (χ1v) is 6.65. The predicted octanol–water partition coefficient (Wildman–Crippen LogP) is 2.67. The van der Waals surface area contributed by atoms with E-state index in [9.17, 15) is 9.90 Å². The van der Waals surface area contributed by atoms with Gasteiger partial charge in [0.1, 0.15) is 11.1 Å². The van der Waals surface area contributed by atoms with E-state index in [2.05, 4.69) is 9.88 Å². The van der Waals surface area contributed by atoms with E-state index in [1.807, 2.05) is 16.7 Å². The molecule has 0 atom stereocenters. The van der Waals surface area contributed by atoms with Crippen LogP contribution in [0.2, 0.25) is 0 Å². The van der Waals surface area contributed by atoms with Crippen LogP contribution in [0.3, 0.4) is 0 Å². The first-order chi connectivity index (χ1) is 9.25. The fourth-order valence-corrected chi connectivity index (χ4v) is 2.72. The number of fused-ring (bicyclic) bond motifs is 1. The van der Waals surface area contributed by atoms with Crippen LogP contribution >= 0.6 is 24.8 Å². The van der Waals surface area contributed by atoms with Crippen molar-refractivity contribution in [2.75, 3.05) is 19.6 Å². The van der Waals surface area contributed by atoms with E-state index in [4.69, 9.17) is 0 Å². The van der Waals surface area contributed by atoms with Crippen LogP contribution in [0.15, 0.2) is 24.5 Å². The monoisotopic (exact) mass is 331 g/mol. The molecule has 3 heterocycles. The molecule has 0 spiro atoms. The molecule has 1 aliphatic heterocycles. The van der Waals surface area contributed by atoms with E-state index in [-0.39, 0.29) is 30.4 Å². The molecule has 5 nitrogen and oxygen atoms in total. The number of carbonyl (C=O) groups is 1. The molecule has 0 aromatic carbocycles. The molecular weight excluding hydrogens is 313 g/mol. The summed E-state index contributed by atoms with van der Waals surface area (Å²) < 4.78 is 2.00. The number of aromatic nitrogens is 2.